The molecule has 0 N–H and O–H groups in total. The van der Waals surface area contributed by atoms with E-state index in [1.807, 2.05) is 24.3 Å². The molecule has 3 aromatic carbocycles. The van der Waals surface area contributed by atoms with Crippen molar-refractivity contribution < 1.29 is 22.7 Å². The lowest BCUT2D eigenvalue weighted by Gasteiger charge is -2.29. The summed E-state index contributed by atoms with van der Waals surface area (Å²) in [6, 6.07) is 18.4. The number of ether oxygens (including phenoxy) is 1. The first-order valence-electron chi connectivity index (χ1n) is 11.4. The van der Waals surface area contributed by atoms with Crippen LogP contribution in [0.4, 0.5) is 11.4 Å². The summed E-state index contributed by atoms with van der Waals surface area (Å²) in [5.74, 6) is -1.30. The third kappa shape index (κ3) is 5.21. The normalized spacial score (nSPS) is 13.1. The first kappa shape index (κ1) is 26.0. The molecule has 1 aliphatic rings. The predicted molar refractivity (Wildman–Crippen MR) is 141 cm³/mol. The summed E-state index contributed by atoms with van der Waals surface area (Å²) in [6.45, 7) is 1.83. The van der Waals surface area contributed by atoms with Crippen LogP contribution < -0.4 is 9.21 Å². The number of anilines is 2. The highest BCUT2D eigenvalue weighted by atomic mass is 35.5. The van der Waals surface area contributed by atoms with Crippen LogP contribution in [0.2, 0.25) is 10.0 Å². The van der Waals surface area contributed by atoms with Crippen molar-refractivity contribution in [2.24, 2.45) is 0 Å². The molecule has 0 fully saturated rings. The number of hydrogen-bond donors (Lipinski definition) is 0. The van der Waals surface area contributed by atoms with Gasteiger partial charge in [-0.1, -0.05) is 59.6 Å². The van der Waals surface area contributed by atoms with Crippen molar-refractivity contribution >= 4 is 56.5 Å². The molecule has 0 spiro atoms. The van der Waals surface area contributed by atoms with Crippen LogP contribution in [0.25, 0.3) is 0 Å². The Morgan fingerprint density at radius 3 is 2.42 bits per heavy atom. The molecule has 0 unspecified atom stereocenters. The number of sulfonamides is 1. The lowest BCUT2D eigenvalue weighted by atomic mass is 10.0. The van der Waals surface area contributed by atoms with Crippen molar-refractivity contribution in [2.45, 2.75) is 24.7 Å². The van der Waals surface area contributed by atoms with Crippen molar-refractivity contribution in [2.75, 3.05) is 28.9 Å². The third-order valence-corrected chi connectivity index (χ3v) is 8.56. The fourth-order valence-corrected chi connectivity index (χ4v) is 6.46. The monoisotopic (exact) mass is 546 g/mol. The fraction of sp³-hybridized carbons (Fsp3) is 0.231. The van der Waals surface area contributed by atoms with Gasteiger partial charge in [0.05, 0.1) is 21.3 Å². The Kier molecular flexibility index (Phi) is 7.88. The number of esters is 1. The molecule has 7 nitrogen and oxygen atoms in total. The van der Waals surface area contributed by atoms with Gasteiger partial charge in [0.2, 0.25) is 0 Å². The lowest BCUT2D eigenvalue weighted by Crippen LogP contribution is -2.38. The Morgan fingerprint density at radius 1 is 1.00 bits per heavy atom. The van der Waals surface area contributed by atoms with Crippen molar-refractivity contribution in [3.05, 3.63) is 87.9 Å². The molecular weight excluding hydrogens is 523 g/mol. The summed E-state index contributed by atoms with van der Waals surface area (Å²) in [6.07, 6.45) is 1.67. The van der Waals surface area contributed by atoms with Gasteiger partial charge in [-0.15, -0.1) is 0 Å². The van der Waals surface area contributed by atoms with Crippen molar-refractivity contribution in [1.82, 2.24) is 0 Å². The molecule has 4 rings (SSSR count). The molecule has 1 heterocycles. The van der Waals surface area contributed by atoms with Gasteiger partial charge in [-0.25, -0.2) is 13.2 Å². The minimum Gasteiger partial charge on any atom is -0.452 e. The second kappa shape index (κ2) is 10.9. The average Bonchev–Trinajstić information content (AvgIpc) is 2.87. The highest BCUT2D eigenvalue weighted by molar-refractivity contribution is 7.93. The maximum Gasteiger partial charge on any atom is 0.340 e. The molecule has 0 saturated carbocycles. The van der Waals surface area contributed by atoms with E-state index in [1.165, 1.54) is 10.4 Å². The maximum atomic E-state index is 13.4. The Balaban J connectivity index is 1.56. The van der Waals surface area contributed by atoms with Crippen LogP contribution in [0.5, 0.6) is 0 Å². The quantitative estimate of drug-likeness (QED) is 0.373. The number of benzene rings is 3. The van der Waals surface area contributed by atoms with Gasteiger partial charge in [-0.2, -0.15) is 0 Å². The Morgan fingerprint density at radius 2 is 1.69 bits per heavy atom. The van der Waals surface area contributed by atoms with Gasteiger partial charge in [0, 0.05) is 18.8 Å². The summed E-state index contributed by atoms with van der Waals surface area (Å²) >= 11 is 12.5. The molecule has 0 saturated heterocycles. The number of carbonyl (C=O) groups is 2. The Hall–Kier alpha value is -3.07. The van der Waals surface area contributed by atoms with Gasteiger partial charge in [-0.05, 0) is 55.7 Å². The average molecular weight is 547 g/mol. The molecule has 0 aromatic heterocycles. The second-order valence-corrected chi connectivity index (χ2v) is 10.8. The van der Waals surface area contributed by atoms with Crippen LogP contribution >= 0.6 is 23.2 Å². The van der Waals surface area contributed by atoms with Gasteiger partial charge in [-0.3, -0.25) is 9.10 Å². The van der Waals surface area contributed by atoms with Gasteiger partial charge in [0.25, 0.3) is 15.9 Å². The zero-order chi connectivity index (χ0) is 25.9. The SMILES string of the molecule is CCN(c1ccccc1)S(=O)(=O)c1cc(C(=O)OCC(=O)N2CCCc3ccccc32)c(Cl)cc1Cl. The van der Waals surface area contributed by atoms with E-state index < -0.39 is 22.6 Å². The van der Waals surface area contributed by atoms with Crippen LogP contribution in [0.15, 0.2) is 71.6 Å². The first-order valence-corrected chi connectivity index (χ1v) is 13.6. The number of amides is 1. The van der Waals surface area contributed by atoms with E-state index in [0.717, 1.165) is 30.2 Å². The molecule has 0 radical (unpaired) electrons. The van der Waals surface area contributed by atoms with E-state index in [4.69, 9.17) is 27.9 Å². The van der Waals surface area contributed by atoms with Crippen LogP contribution in [0, 0.1) is 0 Å². The number of halogens is 2. The smallest absolute Gasteiger partial charge is 0.340 e. The molecule has 10 heteroatoms. The van der Waals surface area contributed by atoms with Gasteiger partial charge >= 0.3 is 5.97 Å². The number of aryl methyl sites for hydroxylation is 1. The van der Waals surface area contributed by atoms with E-state index in [-0.39, 0.29) is 33.0 Å². The molecule has 0 atom stereocenters. The molecule has 188 valence electrons. The van der Waals surface area contributed by atoms with Gasteiger partial charge in [0.1, 0.15) is 4.90 Å². The molecule has 1 amide bonds. The molecule has 3 aromatic rings. The van der Waals surface area contributed by atoms with E-state index in [9.17, 15) is 18.0 Å². The third-order valence-electron chi connectivity index (χ3n) is 5.88. The van der Waals surface area contributed by atoms with Crippen LogP contribution in [0.1, 0.15) is 29.3 Å². The summed E-state index contributed by atoms with van der Waals surface area (Å²) < 4.78 is 33.3. The number of nitrogens with zero attached hydrogens (tertiary/aromatic N) is 2. The van der Waals surface area contributed by atoms with Crippen molar-refractivity contribution in [3.63, 3.8) is 0 Å². The summed E-state index contributed by atoms with van der Waals surface area (Å²) in [5, 5.41) is -0.214. The van der Waals surface area contributed by atoms with E-state index >= 15 is 0 Å². The largest absolute Gasteiger partial charge is 0.452 e. The first-order chi connectivity index (χ1) is 17.2. The van der Waals surface area contributed by atoms with Gasteiger partial charge < -0.3 is 9.64 Å². The van der Waals surface area contributed by atoms with E-state index in [1.54, 1.807) is 42.2 Å². The van der Waals surface area contributed by atoms with E-state index in [2.05, 4.69) is 0 Å². The molecule has 1 aliphatic heterocycles. The van der Waals surface area contributed by atoms with Crippen molar-refractivity contribution in [1.29, 1.82) is 0 Å². The summed E-state index contributed by atoms with van der Waals surface area (Å²) in [5.41, 5.74) is 2.10. The molecule has 36 heavy (non-hydrogen) atoms. The van der Waals surface area contributed by atoms with E-state index in [0.29, 0.717) is 12.2 Å². The van der Waals surface area contributed by atoms with Crippen LogP contribution in [-0.2, 0) is 26.0 Å². The summed E-state index contributed by atoms with van der Waals surface area (Å²) in [4.78, 5) is 27.0. The zero-order valence-corrected chi connectivity index (χ0v) is 21.8. The number of fused-ring (bicyclic) bond motifs is 1. The highest BCUT2D eigenvalue weighted by Gasteiger charge is 2.29. The topological polar surface area (TPSA) is 84.0 Å². The Labute approximate surface area is 220 Å². The molecule has 0 bridgehead atoms. The van der Waals surface area contributed by atoms with Gasteiger partial charge in [0.15, 0.2) is 6.61 Å². The minimum atomic E-state index is -4.13. The maximum absolute atomic E-state index is 13.4. The fourth-order valence-electron chi connectivity index (χ4n) is 4.16. The number of para-hydroxylation sites is 2. The van der Waals surface area contributed by atoms with Crippen LogP contribution in [-0.4, -0.2) is 40.0 Å². The molecule has 0 aliphatic carbocycles. The highest BCUT2D eigenvalue weighted by Crippen LogP contribution is 2.33. The zero-order valence-electron chi connectivity index (χ0n) is 19.5. The van der Waals surface area contributed by atoms with Crippen LogP contribution in [0.3, 0.4) is 0 Å². The predicted octanol–water partition coefficient (Wildman–Crippen LogP) is 5.34. The lowest BCUT2D eigenvalue weighted by molar-refractivity contribution is -0.121. The number of hydrogen-bond acceptors (Lipinski definition) is 5. The standard InChI is InChI=1S/C26H24Cl2N2O5S/c1-2-30(19-11-4-3-5-12-19)36(33,34)24-15-20(21(27)16-22(24)28)26(32)35-17-25(31)29-14-8-10-18-9-6-7-13-23(18)29/h3-7,9,11-13,15-16H,2,8,10,14,17H2,1H3. The Bertz CT molecular complexity index is 1400. The van der Waals surface area contributed by atoms with Crippen molar-refractivity contribution in [3.8, 4) is 0 Å². The summed E-state index contributed by atoms with van der Waals surface area (Å²) in [7, 11) is -4.13. The second-order valence-electron chi connectivity index (χ2n) is 8.12. The number of carbonyl (C=O) groups excluding carboxylic acids is 2. The molecular formula is C26H24Cl2N2O5S. The minimum absolute atomic E-state index is 0.0810. The number of rotatable bonds is 7.